The molecule has 0 atom stereocenters. The van der Waals surface area contributed by atoms with Gasteiger partial charge in [0.1, 0.15) is 0 Å². The molecule has 5 nitrogen and oxygen atoms in total. The summed E-state index contributed by atoms with van der Waals surface area (Å²) in [4.78, 5) is 14.4. The molecule has 0 bridgehead atoms. The van der Waals surface area contributed by atoms with E-state index in [2.05, 4.69) is 42.2 Å². The molecular formula is C22H23ClN4OS. The number of rotatable bonds is 5. The van der Waals surface area contributed by atoms with E-state index in [1.54, 1.807) is 0 Å². The van der Waals surface area contributed by atoms with Crippen LogP contribution in [0.2, 0.25) is 5.02 Å². The van der Waals surface area contributed by atoms with Crippen molar-refractivity contribution in [3.8, 4) is 17.1 Å². The molecule has 0 unspecified atom stereocenters. The second kappa shape index (κ2) is 8.59. The lowest BCUT2D eigenvalue weighted by atomic mass is 10.1. The first kappa shape index (κ1) is 20.0. The molecule has 1 aliphatic rings. The van der Waals surface area contributed by atoms with Crippen LogP contribution < -0.4 is 0 Å². The molecule has 0 saturated carbocycles. The molecule has 0 spiro atoms. The Kier molecular flexibility index (Phi) is 5.92. The standard InChI is InChI=1S/C22H23ClN4OS/c1-15-5-10-19(13-16(15)2)27-21(17-6-8-18(23)9-7-17)24-25-22(27)29-14-20(28)26-11-3-4-12-26/h5-10,13H,3-4,11-12,14H2,1-2H3. The topological polar surface area (TPSA) is 51.0 Å². The lowest BCUT2D eigenvalue weighted by Crippen LogP contribution is -2.29. The summed E-state index contributed by atoms with van der Waals surface area (Å²) in [5.74, 6) is 1.26. The summed E-state index contributed by atoms with van der Waals surface area (Å²) in [6.45, 7) is 5.91. The van der Waals surface area contributed by atoms with Crippen molar-refractivity contribution < 1.29 is 4.79 Å². The second-order valence-electron chi connectivity index (χ2n) is 7.29. The lowest BCUT2D eigenvalue weighted by Gasteiger charge is -2.15. The molecule has 2 aromatic carbocycles. The van der Waals surface area contributed by atoms with Gasteiger partial charge in [0, 0.05) is 23.7 Å². The van der Waals surface area contributed by atoms with E-state index in [-0.39, 0.29) is 5.91 Å². The molecular weight excluding hydrogens is 404 g/mol. The molecule has 1 aromatic heterocycles. The Bertz CT molecular complexity index is 1030. The van der Waals surface area contributed by atoms with Crippen LogP contribution in [0.15, 0.2) is 47.6 Å². The van der Waals surface area contributed by atoms with Crippen molar-refractivity contribution in [2.24, 2.45) is 0 Å². The number of hydrogen-bond acceptors (Lipinski definition) is 4. The molecule has 1 fully saturated rings. The summed E-state index contributed by atoms with van der Waals surface area (Å²) in [6.07, 6.45) is 2.19. The van der Waals surface area contributed by atoms with Gasteiger partial charge in [0.25, 0.3) is 0 Å². The maximum absolute atomic E-state index is 12.5. The Hall–Kier alpha value is -2.31. The highest BCUT2D eigenvalue weighted by Gasteiger charge is 2.21. The minimum atomic E-state index is 0.162. The van der Waals surface area contributed by atoms with Crippen molar-refractivity contribution in [2.75, 3.05) is 18.8 Å². The molecule has 0 radical (unpaired) electrons. The van der Waals surface area contributed by atoms with E-state index in [1.165, 1.54) is 22.9 Å². The van der Waals surface area contributed by atoms with E-state index in [0.29, 0.717) is 15.9 Å². The van der Waals surface area contributed by atoms with Gasteiger partial charge in [-0.2, -0.15) is 0 Å². The molecule has 4 rings (SSSR count). The van der Waals surface area contributed by atoms with Gasteiger partial charge < -0.3 is 4.90 Å². The van der Waals surface area contributed by atoms with Crippen LogP contribution in [0.1, 0.15) is 24.0 Å². The van der Waals surface area contributed by atoms with Crippen molar-refractivity contribution in [1.82, 2.24) is 19.7 Å². The Morgan fingerprint density at radius 2 is 1.76 bits per heavy atom. The second-order valence-corrected chi connectivity index (χ2v) is 8.67. The summed E-state index contributed by atoms with van der Waals surface area (Å²) in [7, 11) is 0. The number of hydrogen-bond donors (Lipinski definition) is 0. The third kappa shape index (κ3) is 4.33. The summed E-state index contributed by atoms with van der Waals surface area (Å²) < 4.78 is 2.03. The minimum Gasteiger partial charge on any atom is -0.342 e. The first-order chi connectivity index (χ1) is 14.0. The van der Waals surface area contributed by atoms with E-state index in [4.69, 9.17) is 11.6 Å². The highest BCUT2D eigenvalue weighted by atomic mass is 35.5. The fraction of sp³-hybridized carbons (Fsp3) is 0.318. The van der Waals surface area contributed by atoms with Crippen LogP contribution in [0.25, 0.3) is 17.1 Å². The van der Waals surface area contributed by atoms with Gasteiger partial charge >= 0.3 is 0 Å². The number of benzene rings is 2. The van der Waals surface area contributed by atoms with Gasteiger partial charge in [-0.05, 0) is 74.2 Å². The van der Waals surface area contributed by atoms with E-state index >= 15 is 0 Å². The third-order valence-electron chi connectivity index (χ3n) is 5.27. The quantitative estimate of drug-likeness (QED) is 0.543. The summed E-state index contributed by atoms with van der Waals surface area (Å²) >= 11 is 7.49. The number of aryl methyl sites for hydroxylation is 2. The van der Waals surface area contributed by atoms with E-state index in [9.17, 15) is 4.79 Å². The van der Waals surface area contributed by atoms with Gasteiger partial charge in [-0.25, -0.2) is 0 Å². The number of halogens is 1. The first-order valence-electron chi connectivity index (χ1n) is 9.72. The zero-order chi connectivity index (χ0) is 20.4. The number of likely N-dealkylation sites (tertiary alicyclic amines) is 1. The lowest BCUT2D eigenvalue weighted by molar-refractivity contribution is -0.127. The summed E-state index contributed by atoms with van der Waals surface area (Å²) in [6, 6.07) is 13.9. The van der Waals surface area contributed by atoms with Crippen molar-refractivity contribution in [1.29, 1.82) is 0 Å². The largest absolute Gasteiger partial charge is 0.342 e. The number of amides is 1. The maximum atomic E-state index is 12.5. The molecule has 1 saturated heterocycles. The van der Waals surface area contributed by atoms with E-state index < -0.39 is 0 Å². The van der Waals surface area contributed by atoms with Crippen LogP contribution in [0.5, 0.6) is 0 Å². The van der Waals surface area contributed by atoms with Crippen LogP contribution in [0.3, 0.4) is 0 Å². The molecule has 150 valence electrons. The van der Waals surface area contributed by atoms with Crippen molar-refractivity contribution in [2.45, 2.75) is 31.8 Å². The first-order valence-corrected chi connectivity index (χ1v) is 11.1. The molecule has 7 heteroatoms. The predicted molar refractivity (Wildman–Crippen MR) is 118 cm³/mol. The Morgan fingerprint density at radius 1 is 1.03 bits per heavy atom. The van der Waals surface area contributed by atoms with Gasteiger partial charge in [0.05, 0.1) is 11.4 Å². The average molecular weight is 427 g/mol. The van der Waals surface area contributed by atoms with Gasteiger partial charge in [0.15, 0.2) is 11.0 Å². The van der Waals surface area contributed by atoms with Crippen LogP contribution in [-0.4, -0.2) is 44.4 Å². The Labute approximate surface area is 180 Å². The van der Waals surface area contributed by atoms with E-state index in [1.807, 2.05) is 33.7 Å². The Balaban J connectivity index is 1.69. The van der Waals surface area contributed by atoms with E-state index in [0.717, 1.165) is 43.0 Å². The normalized spacial score (nSPS) is 13.8. The van der Waals surface area contributed by atoms with Crippen molar-refractivity contribution in [3.63, 3.8) is 0 Å². The molecule has 1 amide bonds. The van der Waals surface area contributed by atoms with Gasteiger partial charge in [-0.1, -0.05) is 29.4 Å². The molecule has 0 aliphatic carbocycles. The van der Waals surface area contributed by atoms with Crippen molar-refractivity contribution >= 4 is 29.3 Å². The summed E-state index contributed by atoms with van der Waals surface area (Å²) in [5.41, 5.74) is 4.34. The zero-order valence-electron chi connectivity index (χ0n) is 16.6. The highest BCUT2D eigenvalue weighted by molar-refractivity contribution is 7.99. The number of carbonyl (C=O) groups excluding carboxylic acids is 1. The van der Waals surface area contributed by atoms with Crippen LogP contribution in [0.4, 0.5) is 0 Å². The van der Waals surface area contributed by atoms with Crippen LogP contribution in [0, 0.1) is 13.8 Å². The molecule has 3 aromatic rings. The predicted octanol–water partition coefficient (Wildman–Crippen LogP) is 4.92. The van der Waals surface area contributed by atoms with Gasteiger partial charge in [-0.3, -0.25) is 9.36 Å². The number of nitrogens with zero attached hydrogens (tertiary/aromatic N) is 4. The average Bonchev–Trinajstić information content (AvgIpc) is 3.39. The third-order valence-corrected chi connectivity index (χ3v) is 6.43. The van der Waals surface area contributed by atoms with Crippen LogP contribution in [-0.2, 0) is 4.79 Å². The zero-order valence-corrected chi connectivity index (χ0v) is 18.1. The molecule has 0 N–H and O–H groups in total. The smallest absolute Gasteiger partial charge is 0.233 e. The number of aromatic nitrogens is 3. The maximum Gasteiger partial charge on any atom is 0.233 e. The number of carbonyl (C=O) groups is 1. The monoisotopic (exact) mass is 426 g/mol. The summed E-state index contributed by atoms with van der Waals surface area (Å²) in [5, 5.41) is 10.2. The fourth-order valence-corrected chi connectivity index (χ4v) is 4.41. The highest BCUT2D eigenvalue weighted by Crippen LogP contribution is 2.30. The fourth-order valence-electron chi connectivity index (χ4n) is 3.43. The number of thioether (sulfide) groups is 1. The SMILES string of the molecule is Cc1ccc(-n2c(SCC(=O)N3CCCC3)nnc2-c2ccc(Cl)cc2)cc1C. The van der Waals surface area contributed by atoms with Gasteiger partial charge in [-0.15, -0.1) is 10.2 Å². The van der Waals surface area contributed by atoms with Gasteiger partial charge in [0.2, 0.25) is 5.91 Å². The molecule has 2 heterocycles. The van der Waals surface area contributed by atoms with Crippen LogP contribution >= 0.6 is 23.4 Å². The van der Waals surface area contributed by atoms with Crippen molar-refractivity contribution in [3.05, 3.63) is 58.6 Å². The molecule has 29 heavy (non-hydrogen) atoms. The minimum absolute atomic E-state index is 0.162. The Morgan fingerprint density at radius 3 is 2.45 bits per heavy atom. The molecule has 1 aliphatic heterocycles.